The first-order chi connectivity index (χ1) is 10.1. The van der Waals surface area contributed by atoms with Gasteiger partial charge in [0.2, 0.25) is 0 Å². The van der Waals surface area contributed by atoms with Crippen molar-refractivity contribution < 1.29 is 0 Å². The fourth-order valence-electron chi connectivity index (χ4n) is 2.97. The van der Waals surface area contributed by atoms with E-state index in [2.05, 4.69) is 40.2 Å². The molecule has 0 saturated carbocycles. The molecule has 5 nitrogen and oxygen atoms in total. The quantitative estimate of drug-likeness (QED) is 0.871. The Bertz CT molecular complexity index is 611. The van der Waals surface area contributed by atoms with Crippen molar-refractivity contribution in [1.29, 1.82) is 0 Å². The van der Waals surface area contributed by atoms with Gasteiger partial charge in [-0.1, -0.05) is 12.1 Å². The Balaban J connectivity index is 1.60. The second-order valence-electron chi connectivity index (χ2n) is 5.74. The van der Waals surface area contributed by atoms with E-state index in [4.69, 9.17) is 5.73 Å². The average Bonchev–Trinajstić information content (AvgIpc) is 2.78. The number of nitrogen functional groups attached to an aromatic ring is 1. The zero-order valence-corrected chi connectivity index (χ0v) is 12.8. The first-order valence-electron chi connectivity index (χ1n) is 7.44. The van der Waals surface area contributed by atoms with E-state index in [-0.39, 0.29) is 0 Å². The number of aromatic nitrogens is 2. The molecule has 0 radical (unpaired) electrons. The molecule has 0 unspecified atom stereocenters. The number of nitrogens with two attached hydrogens (primary N) is 1. The van der Waals surface area contributed by atoms with Gasteiger partial charge in [0, 0.05) is 51.5 Å². The van der Waals surface area contributed by atoms with Crippen LogP contribution in [0.25, 0.3) is 0 Å². The molecule has 112 valence electrons. The first kappa shape index (κ1) is 13.9. The highest BCUT2D eigenvalue weighted by Gasteiger charge is 2.19. The third kappa shape index (κ3) is 3.03. The molecule has 0 atom stereocenters. The Morgan fingerprint density at radius 3 is 2.48 bits per heavy atom. The summed E-state index contributed by atoms with van der Waals surface area (Å²) in [5, 5.41) is 4.41. The number of hydrogen-bond donors (Lipinski definition) is 1. The summed E-state index contributed by atoms with van der Waals surface area (Å²) >= 11 is 0. The van der Waals surface area contributed by atoms with Crippen LogP contribution >= 0.6 is 0 Å². The number of piperazine rings is 1. The topological polar surface area (TPSA) is 50.3 Å². The largest absolute Gasteiger partial charge is 0.397 e. The highest BCUT2D eigenvalue weighted by Crippen LogP contribution is 2.24. The van der Waals surface area contributed by atoms with Crippen molar-refractivity contribution in [2.75, 3.05) is 36.8 Å². The van der Waals surface area contributed by atoms with Crippen molar-refractivity contribution in [2.24, 2.45) is 7.05 Å². The Morgan fingerprint density at radius 1 is 1.14 bits per heavy atom. The van der Waals surface area contributed by atoms with E-state index < -0.39 is 0 Å². The molecule has 3 rings (SSSR count). The fraction of sp³-hybridized carbons (Fsp3) is 0.438. The third-order valence-electron chi connectivity index (χ3n) is 4.16. The summed E-state index contributed by atoms with van der Waals surface area (Å²) in [7, 11) is 1.98. The number of anilines is 2. The molecule has 1 fully saturated rings. The van der Waals surface area contributed by atoms with Gasteiger partial charge in [-0.15, -0.1) is 0 Å². The highest BCUT2D eigenvalue weighted by molar-refractivity contribution is 5.67. The van der Waals surface area contributed by atoms with Crippen molar-refractivity contribution in [3.05, 3.63) is 41.7 Å². The van der Waals surface area contributed by atoms with Gasteiger partial charge in [0.25, 0.3) is 0 Å². The Hall–Kier alpha value is -2.01. The minimum Gasteiger partial charge on any atom is -0.397 e. The molecule has 2 N–H and O–H groups in total. The summed E-state index contributed by atoms with van der Waals surface area (Å²) in [6, 6.07) is 8.12. The van der Waals surface area contributed by atoms with Gasteiger partial charge in [-0.2, -0.15) is 5.10 Å². The summed E-state index contributed by atoms with van der Waals surface area (Å²) in [4.78, 5) is 4.86. The summed E-state index contributed by atoms with van der Waals surface area (Å²) < 4.78 is 1.89. The zero-order chi connectivity index (χ0) is 14.8. The standard InChI is InChI=1S/C16H23N5/c1-13-14(11-19(2)18-13)12-20-7-9-21(10-8-20)16-6-4-3-5-15(16)17/h3-6,11H,7-10,12,17H2,1-2H3. The van der Waals surface area contributed by atoms with E-state index in [1.54, 1.807) is 0 Å². The van der Waals surface area contributed by atoms with Gasteiger partial charge in [0.1, 0.15) is 0 Å². The molecular formula is C16H23N5. The first-order valence-corrected chi connectivity index (χ1v) is 7.44. The van der Waals surface area contributed by atoms with E-state index in [1.165, 1.54) is 5.56 Å². The third-order valence-corrected chi connectivity index (χ3v) is 4.16. The molecular weight excluding hydrogens is 262 g/mol. The molecule has 1 aromatic heterocycles. The lowest BCUT2D eigenvalue weighted by Gasteiger charge is -2.36. The van der Waals surface area contributed by atoms with Crippen molar-refractivity contribution in [3.8, 4) is 0 Å². The number of hydrogen-bond acceptors (Lipinski definition) is 4. The fourth-order valence-corrected chi connectivity index (χ4v) is 2.97. The molecule has 0 aliphatic carbocycles. The van der Waals surface area contributed by atoms with Crippen LogP contribution in [0.3, 0.4) is 0 Å². The Morgan fingerprint density at radius 2 is 1.86 bits per heavy atom. The summed E-state index contributed by atoms with van der Waals surface area (Å²) in [6.45, 7) is 7.22. The maximum atomic E-state index is 6.07. The van der Waals surface area contributed by atoms with Crippen LogP contribution in [0.1, 0.15) is 11.3 Å². The van der Waals surface area contributed by atoms with Gasteiger partial charge in [-0.25, -0.2) is 0 Å². The van der Waals surface area contributed by atoms with Crippen LogP contribution in [0, 0.1) is 6.92 Å². The molecule has 1 saturated heterocycles. The van der Waals surface area contributed by atoms with Gasteiger partial charge in [0.05, 0.1) is 17.1 Å². The van der Waals surface area contributed by atoms with Crippen molar-refractivity contribution >= 4 is 11.4 Å². The molecule has 0 bridgehead atoms. The number of para-hydroxylation sites is 2. The van der Waals surface area contributed by atoms with Crippen LogP contribution in [-0.2, 0) is 13.6 Å². The molecule has 2 aromatic rings. The molecule has 1 aliphatic heterocycles. The molecule has 2 heterocycles. The predicted molar refractivity (Wildman–Crippen MR) is 86.3 cm³/mol. The van der Waals surface area contributed by atoms with Crippen LogP contribution in [-0.4, -0.2) is 40.9 Å². The smallest absolute Gasteiger partial charge is 0.0638 e. The van der Waals surface area contributed by atoms with Crippen molar-refractivity contribution in [3.63, 3.8) is 0 Å². The lowest BCUT2D eigenvalue weighted by atomic mass is 10.2. The lowest BCUT2D eigenvalue weighted by molar-refractivity contribution is 0.249. The van der Waals surface area contributed by atoms with Gasteiger partial charge in [-0.3, -0.25) is 9.58 Å². The van der Waals surface area contributed by atoms with E-state index >= 15 is 0 Å². The SMILES string of the molecule is Cc1nn(C)cc1CN1CCN(c2ccccc2N)CC1. The minimum atomic E-state index is 0.869. The van der Waals surface area contributed by atoms with Gasteiger partial charge in [0.15, 0.2) is 0 Å². The maximum Gasteiger partial charge on any atom is 0.0638 e. The molecule has 21 heavy (non-hydrogen) atoms. The number of benzene rings is 1. The van der Waals surface area contributed by atoms with Crippen molar-refractivity contribution in [2.45, 2.75) is 13.5 Å². The van der Waals surface area contributed by atoms with Crippen LogP contribution in [0.2, 0.25) is 0 Å². The zero-order valence-electron chi connectivity index (χ0n) is 12.8. The van der Waals surface area contributed by atoms with E-state index in [1.807, 2.05) is 23.9 Å². The molecule has 0 spiro atoms. The lowest BCUT2D eigenvalue weighted by Crippen LogP contribution is -2.46. The van der Waals surface area contributed by atoms with E-state index in [0.29, 0.717) is 0 Å². The van der Waals surface area contributed by atoms with Crippen LogP contribution in [0.5, 0.6) is 0 Å². The van der Waals surface area contributed by atoms with Crippen LogP contribution in [0.4, 0.5) is 11.4 Å². The molecule has 5 heteroatoms. The van der Waals surface area contributed by atoms with Gasteiger partial charge < -0.3 is 10.6 Å². The van der Waals surface area contributed by atoms with E-state index in [9.17, 15) is 0 Å². The summed E-state index contributed by atoms with van der Waals surface area (Å²) in [5.41, 5.74) is 10.6. The van der Waals surface area contributed by atoms with Crippen LogP contribution in [0.15, 0.2) is 30.5 Å². The van der Waals surface area contributed by atoms with Gasteiger partial charge >= 0.3 is 0 Å². The minimum absolute atomic E-state index is 0.869. The number of aryl methyl sites for hydroxylation is 2. The summed E-state index contributed by atoms with van der Waals surface area (Å²) in [5.74, 6) is 0. The monoisotopic (exact) mass is 285 g/mol. The maximum absolute atomic E-state index is 6.07. The Kier molecular flexibility index (Phi) is 3.84. The highest BCUT2D eigenvalue weighted by atomic mass is 15.3. The Labute approximate surface area is 126 Å². The predicted octanol–water partition coefficient (Wildman–Crippen LogP) is 1.63. The number of rotatable bonds is 3. The molecule has 0 amide bonds. The normalized spacial score (nSPS) is 16.4. The second kappa shape index (κ2) is 5.77. The van der Waals surface area contributed by atoms with Crippen molar-refractivity contribution in [1.82, 2.24) is 14.7 Å². The van der Waals surface area contributed by atoms with Crippen LogP contribution < -0.4 is 10.6 Å². The second-order valence-corrected chi connectivity index (χ2v) is 5.74. The number of nitrogens with zero attached hydrogens (tertiary/aromatic N) is 4. The van der Waals surface area contributed by atoms with E-state index in [0.717, 1.165) is 49.8 Å². The van der Waals surface area contributed by atoms with Gasteiger partial charge in [-0.05, 0) is 19.1 Å². The molecule has 1 aliphatic rings. The average molecular weight is 285 g/mol. The molecule has 1 aromatic carbocycles. The summed E-state index contributed by atoms with van der Waals surface area (Å²) in [6.07, 6.45) is 2.12.